The molecule has 2 aromatic carbocycles. The lowest BCUT2D eigenvalue weighted by Crippen LogP contribution is -2.43. The quantitative estimate of drug-likeness (QED) is 0.708. The molecule has 1 aliphatic carbocycles. The number of benzene rings is 2. The highest BCUT2D eigenvalue weighted by atomic mass is 79.9. The van der Waals surface area contributed by atoms with E-state index in [9.17, 15) is 18.0 Å². The number of rotatable bonds is 4. The molecule has 0 bridgehead atoms. The summed E-state index contributed by atoms with van der Waals surface area (Å²) in [7, 11) is -4.05. The minimum atomic E-state index is -4.05. The van der Waals surface area contributed by atoms with Crippen LogP contribution in [0.4, 0.5) is 0 Å². The van der Waals surface area contributed by atoms with Gasteiger partial charge in [-0.1, -0.05) is 47.1 Å². The Morgan fingerprint density at radius 1 is 1.00 bits per heavy atom. The van der Waals surface area contributed by atoms with E-state index >= 15 is 0 Å². The molecule has 0 saturated carbocycles. The van der Waals surface area contributed by atoms with Crippen LogP contribution in [-0.4, -0.2) is 38.0 Å². The van der Waals surface area contributed by atoms with E-state index in [-0.39, 0.29) is 27.6 Å². The molecule has 0 unspecified atom stereocenters. The topological polar surface area (TPSA) is 83.6 Å². The summed E-state index contributed by atoms with van der Waals surface area (Å²) in [6.45, 7) is 3.28. The Kier molecular flexibility index (Phi) is 5.55. The van der Waals surface area contributed by atoms with Gasteiger partial charge in [-0.3, -0.25) is 14.3 Å². The van der Waals surface area contributed by atoms with Crippen molar-refractivity contribution < 1.29 is 18.0 Å². The number of carbonyl (C=O) groups excluding carboxylic acids is 2. The summed E-state index contributed by atoms with van der Waals surface area (Å²) in [5, 5.41) is 0. The molecule has 2 aromatic rings. The van der Waals surface area contributed by atoms with Crippen LogP contribution in [-0.2, 0) is 10.0 Å². The number of nitrogens with one attached hydrogen (secondary N) is 1. The van der Waals surface area contributed by atoms with Crippen molar-refractivity contribution in [1.29, 1.82) is 0 Å². The fraction of sp³-hybridized carbons (Fsp3) is 0.273. The third kappa shape index (κ3) is 3.81. The van der Waals surface area contributed by atoms with Crippen LogP contribution in [0, 0.1) is 5.92 Å². The Labute approximate surface area is 184 Å². The molecule has 156 valence electrons. The van der Waals surface area contributed by atoms with E-state index in [0.29, 0.717) is 24.6 Å². The number of nitrogens with zero attached hydrogens (tertiary/aromatic N) is 1. The van der Waals surface area contributed by atoms with Gasteiger partial charge in [0.15, 0.2) is 0 Å². The average Bonchev–Trinajstić information content (AvgIpc) is 2.72. The van der Waals surface area contributed by atoms with Crippen molar-refractivity contribution in [3.05, 3.63) is 75.5 Å². The van der Waals surface area contributed by atoms with Crippen LogP contribution in [0.15, 0.2) is 69.3 Å². The summed E-state index contributed by atoms with van der Waals surface area (Å²) in [4.78, 5) is 28.5. The first-order chi connectivity index (χ1) is 14.3. The Bertz CT molecular complexity index is 1160. The minimum Gasteiger partial charge on any atom is -0.366 e. The molecular formula is C22H21BrN2O4S. The van der Waals surface area contributed by atoms with Crippen molar-refractivity contribution in [2.24, 2.45) is 5.92 Å². The van der Waals surface area contributed by atoms with Crippen molar-refractivity contribution in [3.63, 3.8) is 0 Å². The van der Waals surface area contributed by atoms with Crippen LogP contribution in [0.25, 0.3) is 0 Å². The molecule has 1 saturated heterocycles. The fourth-order valence-electron chi connectivity index (χ4n) is 3.96. The van der Waals surface area contributed by atoms with Gasteiger partial charge in [0, 0.05) is 28.7 Å². The van der Waals surface area contributed by atoms with Crippen molar-refractivity contribution >= 4 is 37.5 Å². The number of sulfonamides is 1. The molecule has 0 aromatic heterocycles. The zero-order valence-electron chi connectivity index (χ0n) is 16.4. The standard InChI is InChI=1S/C22H21BrN2O4S/c1-14-5-4-12-25(13-14)20-19(21(26)17-6-2-3-7-18(17)22(20)27)24-30(28,29)16-10-8-15(23)9-11-16/h2-3,6-11,14,24H,4-5,12-13H2,1H3/t14-/m0/s1. The normalized spacial score (nSPS) is 19.7. The molecule has 0 spiro atoms. The molecule has 0 radical (unpaired) electrons. The molecule has 30 heavy (non-hydrogen) atoms. The molecule has 0 amide bonds. The number of ketones is 2. The number of Topliss-reactive ketones (excluding diaryl/α,β-unsaturated/α-hetero) is 2. The molecular weight excluding hydrogens is 468 g/mol. The molecule has 1 heterocycles. The fourth-order valence-corrected chi connectivity index (χ4v) is 5.29. The third-order valence-corrected chi connectivity index (χ3v) is 7.32. The number of halogens is 1. The first-order valence-corrected chi connectivity index (χ1v) is 12.0. The minimum absolute atomic E-state index is 0.0173. The van der Waals surface area contributed by atoms with E-state index in [0.717, 1.165) is 17.3 Å². The van der Waals surface area contributed by atoms with E-state index in [1.54, 1.807) is 36.4 Å². The predicted octanol–water partition coefficient (Wildman–Crippen LogP) is 3.75. The Balaban J connectivity index is 1.83. The molecule has 2 aliphatic rings. The van der Waals surface area contributed by atoms with Gasteiger partial charge in [-0.05, 0) is 43.0 Å². The van der Waals surface area contributed by atoms with Gasteiger partial charge in [-0.25, -0.2) is 8.42 Å². The van der Waals surface area contributed by atoms with Crippen LogP contribution >= 0.6 is 15.9 Å². The maximum absolute atomic E-state index is 13.4. The van der Waals surface area contributed by atoms with Crippen LogP contribution in [0.2, 0.25) is 0 Å². The van der Waals surface area contributed by atoms with Gasteiger partial charge in [0.1, 0.15) is 11.4 Å². The lowest BCUT2D eigenvalue weighted by Gasteiger charge is -2.36. The number of likely N-dealkylation sites (tertiary alicyclic amines) is 1. The highest BCUT2D eigenvalue weighted by molar-refractivity contribution is 9.10. The van der Waals surface area contributed by atoms with Gasteiger partial charge in [-0.2, -0.15) is 0 Å². The molecule has 8 heteroatoms. The highest BCUT2D eigenvalue weighted by Crippen LogP contribution is 2.31. The molecule has 1 N–H and O–H groups in total. The maximum atomic E-state index is 13.4. The second-order valence-corrected chi connectivity index (χ2v) is 10.3. The lowest BCUT2D eigenvalue weighted by atomic mass is 9.88. The smallest absolute Gasteiger partial charge is 0.262 e. The maximum Gasteiger partial charge on any atom is 0.262 e. The van der Waals surface area contributed by atoms with Gasteiger partial charge in [-0.15, -0.1) is 0 Å². The number of allylic oxidation sites excluding steroid dienone is 2. The Morgan fingerprint density at radius 2 is 1.63 bits per heavy atom. The van der Waals surface area contributed by atoms with Crippen molar-refractivity contribution in [3.8, 4) is 0 Å². The van der Waals surface area contributed by atoms with Gasteiger partial charge in [0.25, 0.3) is 10.0 Å². The van der Waals surface area contributed by atoms with E-state index in [2.05, 4.69) is 27.6 Å². The van der Waals surface area contributed by atoms with E-state index in [4.69, 9.17) is 0 Å². The number of fused-ring (bicyclic) bond motifs is 1. The van der Waals surface area contributed by atoms with Crippen molar-refractivity contribution in [1.82, 2.24) is 9.62 Å². The molecule has 1 aliphatic heterocycles. The summed E-state index contributed by atoms with van der Waals surface area (Å²) >= 11 is 3.28. The second-order valence-electron chi connectivity index (χ2n) is 7.68. The second kappa shape index (κ2) is 8.00. The highest BCUT2D eigenvalue weighted by Gasteiger charge is 2.38. The van der Waals surface area contributed by atoms with Crippen LogP contribution in [0.1, 0.15) is 40.5 Å². The van der Waals surface area contributed by atoms with Gasteiger partial charge >= 0.3 is 0 Å². The number of hydrogen-bond donors (Lipinski definition) is 1. The average molecular weight is 489 g/mol. The summed E-state index contributed by atoms with van der Waals surface area (Å²) in [6.07, 6.45) is 1.91. The van der Waals surface area contributed by atoms with Gasteiger partial charge in [0.05, 0.1) is 4.90 Å². The summed E-state index contributed by atoms with van der Waals surface area (Å²) in [5.74, 6) is -0.470. The zero-order valence-corrected chi connectivity index (χ0v) is 18.8. The largest absolute Gasteiger partial charge is 0.366 e. The summed E-state index contributed by atoms with van der Waals surface area (Å²) in [6, 6.07) is 12.6. The Hall–Kier alpha value is -2.45. The summed E-state index contributed by atoms with van der Waals surface area (Å²) in [5.41, 5.74) is 0.494. The van der Waals surface area contributed by atoms with E-state index in [1.807, 2.05) is 4.90 Å². The van der Waals surface area contributed by atoms with Crippen LogP contribution < -0.4 is 4.72 Å². The van der Waals surface area contributed by atoms with Crippen LogP contribution in [0.5, 0.6) is 0 Å². The van der Waals surface area contributed by atoms with Crippen molar-refractivity contribution in [2.75, 3.05) is 13.1 Å². The molecule has 4 rings (SSSR count). The lowest BCUT2D eigenvalue weighted by molar-refractivity contribution is 0.0920. The number of carbonyl (C=O) groups is 2. The van der Waals surface area contributed by atoms with E-state index < -0.39 is 15.8 Å². The number of hydrogen-bond acceptors (Lipinski definition) is 5. The SMILES string of the molecule is C[C@H]1CCCN(C2=C(NS(=O)(=O)c3ccc(Br)cc3)C(=O)c3ccccc3C2=O)C1. The first kappa shape index (κ1) is 20.8. The predicted molar refractivity (Wildman–Crippen MR) is 117 cm³/mol. The Morgan fingerprint density at radius 3 is 2.27 bits per heavy atom. The first-order valence-electron chi connectivity index (χ1n) is 9.74. The van der Waals surface area contributed by atoms with Crippen LogP contribution in [0.3, 0.4) is 0 Å². The molecule has 1 fully saturated rings. The number of piperidine rings is 1. The van der Waals surface area contributed by atoms with Gasteiger partial charge in [0.2, 0.25) is 11.6 Å². The van der Waals surface area contributed by atoms with E-state index in [1.165, 1.54) is 12.1 Å². The summed E-state index contributed by atoms with van der Waals surface area (Å²) < 4.78 is 29.2. The third-order valence-electron chi connectivity index (χ3n) is 5.43. The molecule has 1 atom stereocenters. The van der Waals surface area contributed by atoms with Gasteiger partial charge < -0.3 is 4.90 Å². The molecule has 6 nitrogen and oxygen atoms in total. The monoisotopic (exact) mass is 488 g/mol. The van der Waals surface area contributed by atoms with Crippen molar-refractivity contribution in [2.45, 2.75) is 24.7 Å². The zero-order chi connectivity index (χ0) is 21.5.